The molecule has 1 fully saturated rings. The van der Waals surface area contributed by atoms with Crippen molar-refractivity contribution in [1.82, 2.24) is 20.0 Å². The van der Waals surface area contributed by atoms with Crippen LogP contribution in [0.5, 0.6) is 0 Å². The molecule has 1 unspecified atom stereocenters. The van der Waals surface area contributed by atoms with E-state index in [1.807, 2.05) is 19.2 Å². The van der Waals surface area contributed by atoms with E-state index in [9.17, 15) is 0 Å². The molecule has 0 aromatic carbocycles. The average molecular weight is 366 g/mol. The Morgan fingerprint density at radius 2 is 2.32 bits per heavy atom. The zero-order valence-electron chi connectivity index (χ0n) is 12.5. The van der Waals surface area contributed by atoms with Gasteiger partial charge in [-0.2, -0.15) is 0 Å². The number of halogens is 1. The van der Waals surface area contributed by atoms with Crippen LogP contribution in [0.3, 0.4) is 0 Å². The van der Waals surface area contributed by atoms with Gasteiger partial charge in [-0.25, -0.2) is 4.98 Å². The number of aromatic nitrogens is 4. The van der Waals surface area contributed by atoms with Crippen molar-refractivity contribution in [3.63, 3.8) is 0 Å². The number of rotatable bonds is 4. The van der Waals surface area contributed by atoms with E-state index in [1.54, 1.807) is 4.68 Å². The second-order valence-corrected chi connectivity index (χ2v) is 6.09. The Morgan fingerprint density at radius 1 is 1.45 bits per heavy atom. The van der Waals surface area contributed by atoms with E-state index < -0.39 is 0 Å². The molecule has 22 heavy (non-hydrogen) atoms. The van der Waals surface area contributed by atoms with E-state index in [0.29, 0.717) is 12.3 Å². The molecule has 0 saturated carbocycles. The number of nitrogens with zero attached hydrogens (tertiary/aromatic N) is 4. The molecule has 6 nitrogen and oxygen atoms in total. The Balaban J connectivity index is 1.76. The summed E-state index contributed by atoms with van der Waals surface area (Å²) in [4.78, 5) is 4.62. The molecule has 0 amide bonds. The van der Waals surface area contributed by atoms with Gasteiger partial charge in [0.15, 0.2) is 6.29 Å². The van der Waals surface area contributed by atoms with Gasteiger partial charge in [-0.15, -0.1) is 5.10 Å². The van der Waals surface area contributed by atoms with Gasteiger partial charge >= 0.3 is 0 Å². The molecule has 1 saturated heterocycles. The summed E-state index contributed by atoms with van der Waals surface area (Å²) < 4.78 is 13.9. The predicted octanol–water partition coefficient (Wildman–Crippen LogP) is 2.86. The molecule has 3 rings (SSSR count). The van der Waals surface area contributed by atoms with Crippen molar-refractivity contribution < 1.29 is 9.47 Å². The highest BCUT2D eigenvalue weighted by molar-refractivity contribution is 9.10. The van der Waals surface area contributed by atoms with E-state index in [4.69, 9.17) is 9.47 Å². The lowest BCUT2D eigenvalue weighted by Gasteiger charge is -2.22. The summed E-state index contributed by atoms with van der Waals surface area (Å²) >= 11 is 3.51. The predicted molar refractivity (Wildman–Crippen MR) is 84.8 cm³/mol. The lowest BCUT2D eigenvalue weighted by molar-refractivity contribution is -0.169. The first-order valence-electron chi connectivity index (χ1n) is 7.26. The quantitative estimate of drug-likeness (QED) is 0.833. The largest absolute Gasteiger partial charge is 0.353 e. The van der Waals surface area contributed by atoms with Crippen LogP contribution < -0.4 is 0 Å². The first-order valence-corrected chi connectivity index (χ1v) is 8.05. The summed E-state index contributed by atoms with van der Waals surface area (Å²) in [5.74, 6) is 0. The molecule has 0 N–H and O–H groups in total. The number of hydrogen-bond donors (Lipinski definition) is 0. The zero-order valence-corrected chi connectivity index (χ0v) is 14.0. The van der Waals surface area contributed by atoms with Crippen LogP contribution in [0.25, 0.3) is 11.4 Å². The highest BCUT2D eigenvalue weighted by Crippen LogP contribution is 2.24. The Kier molecular flexibility index (Phi) is 4.85. The van der Waals surface area contributed by atoms with Crippen LogP contribution in [0, 0.1) is 6.92 Å². The summed E-state index contributed by atoms with van der Waals surface area (Å²) in [6.45, 7) is 5.13. The third-order valence-corrected chi connectivity index (χ3v) is 4.37. The summed E-state index contributed by atoms with van der Waals surface area (Å²) in [6, 6.07) is 3.83. The third kappa shape index (κ3) is 3.37. The summed E-state index contributed by atoms with van der Waals surface area (Å²) in [7, 11) is 1.81. The molecule has 117 valence electrons. The maximum absolute atomic E-state index is 5.80. The molecular formula is C15H18BrN4O2. The van der Waals surface area contributed by atoms with Gasteiger partial charge in [-0.05, 0) is 54.2 Å². The SMILES string of the molecule is [CH2]c1c(-c2ccc(Br)c(COC3CCCCO3)n2)nnn1C. The van der Waals surface area contributed by atoms with Gasteiger partial charge in [0.05, 0.1) is 23.7 Å². The molecule has 1 aliphatic heterocycles. The van der Waals surface area contributed by atoms with Crippen LogP contribution in [0.2, 0.25) is 0 Å². The van der Waals surface area contributed by atoms with Crippen LogP contribution in [0.15, 0.2) is 16.6 Å². The average Bonchev–Trinajstić information content (AvgIpc) is 2.87. The highest BCUT2D eigenvalue weighted by Gasteiger charge is 2.16. The number of aryl methyl sites for hydroxylation is 1. The number of pyridine rings is 1. The van der Waals surface area contributed by atoms with Crippen molar-refractivity contribution in [3.05, 3.63) is 34.9 Å². The van der Waals surface area contributed by atoms with Gasteiger partial charge < -0.3 is 9.47 Å². The van der Waals surface area contributed by atoms with E-state index in [-0.39, 0.29) is 6.29 Å². The fourth-order valence-corrected chi connectivity index (χ4v) is 2.64. The van der Waals surface area contributed by atoms with Gasteiger partial charge in [-0.3, -0.25) is 4.68 Å². The van der Waals surface area contributed by atoms with Gasteiger partial charge in [0.2, 0.25) is 0 Å². The molecule has 3 heterocycles. The molecular weight excluding hydrogens is 348 g/mol. The second-order valence-electron chi connectivity index (χ2n) is 5.24. The van der Waals surface area contributed by atoms with Crippen molar-refractivity contribution >= 4 is 15.9 Å². The van der Waals surface area contributed by atoms with Crippen LogP contribution in [0.1, 0.15) is 30.7 Å². The van der Waals surface area contributed by atoms with Crippen LogP contribution >= 0.6 is 15.9 Å². The maximum Gasteiger partial charge on any atom is 0.158 e. The molecule has 2 aromatic heterocycles. The van der Waals surface area contributed by atoms with Crippen LogP contribution in [0.4, 0.5) is 0 Å². The van der Waals surface area contributed by atoms with E-state index in [0.717, 1.165) is 47.4 Å². The molecule has 0 spiro atoms. The Hall–Kier alpha value is -1.31. The number of hydrogen-bond acceptors (Lipinski definition) is 5. The second kappa shape index (κ2) is 6.85. The lowest BCUT2D eigenvalue weighted by Crippen LogP contribution is -2.22. The molecule has 1 atom stereocenters. The van der Waals surface area contributed by atoms with E-state index in [2.05, 4.69) is 38.1 Å². The third-order valence-electron chi connectivity index (χ3n) is 3.65. The maximum atomic E-state index is 5.80. The molecule has 1 aliphatic rings. The summed E-state index contributed by atoms with van der Waals surface area (Å²) in [6.07, 6.45) is 3.05. The minimum Gasteiger partial charge on any atom is -0.353 e. The summed E-state index contributed by atoms with van der Waals surface area (Å²) in [5, 5.41) is 8.08. The molecule has 0 aliphatic carbocycles. The Morgan fingerprint density at radius 3 is 3.00 bits per heavy atom. The van der Waals surface area contributed by atoms with Gasteiger partial charge in [0.1, 0.15) is 5.69 Å². The first-order chi connectivity index (χ1) is 10.6. The fourth-order valence-electron chi connectivity index (χ4n) is 2.31. The minimum absolute atomic E-state index is 0.133. The van der Waals surface area contributed by atoms with Crippen molar-refractivity contribution in [2.45, 2.75) is 32.2 Å². The Labute approximate surface area is 138 Å². The summed E-state index contributed by atoms with van der Waals surface area (Å²) in [5.41, 5.74) is 2.98. The zero-order chi connectivity index (χ0) is 15.5. The number of ether oxygens (including phenoxy) is 2. The van der Waals surface area contributed by atoms with Crippen molar-refractivity contribution in [2.24, 2.45) is 7.05 Å². The Bertz CT molecular complexity index is 653. The smallest absolute Gasteiger partial charge is 0.158 e. The topological polar surface area (TPSA) is 62.1 Å². The highest BCUT2D eigenvalue weighted by atomic mass is 79.9. The van der Waals surface area contributed by atoms with Gasteiger partial charge in [0, 0.05) is 18.1 Å². The van der Waals surface area contributed by atoms with Crippen LogP contribution in [-0.4, -0.2) is 32.9 Å². The van der Waals surface area contributed by atoms with Gasteiger partial charge in [0.25, 0.3) is 0 Å². The van der Waals surface area contributed by atoms with Crippen molar-refractivity contribution in [2.75, 3.05) is 6.61 Å². The van der Waals surface area contributed by atoms with Gasteiger partial charge in [-0.1, -0.05) is 5.21 Å². The molecule has 0 bridgehead atoms. The fraction of sp³-hybridized carbons (Fsp3) is 0.467. The standard InChI is InChI=1S/C15H18BrN4O2/c1-10-15(18-19-20(10)2)12-7-6-11(16)13(17-12)9-22-14-5-3-4-8-21-14/h6-7,14H,1,3-5,8-9H2,2H3. The molecule has 2 aromatic rings. The van der Waals surface area contributed by atoms with Crippen molar-refractivity contribution in [1.29, 1.82) is 0 Å². The normalized spacial score (nSPS) is 18.6. The minimum atomic E-state index is -0.133. The van der Waals surface area contributed by atoms with Crippen molar-refractivity contribution in [3.8, 4) is 11.4 Å². The monoisotopic (exact) mass is 365 g/mol. The first kappa shape index (κ1) is 15.6. The molecule has 1 radical (unpaired) electrons. The van der Waals surface area contributed by atoms with E-state index >= 15 is 0 Å². The molecule has 7 heteroatoms. The van der Waals surface area contributed by atoms with E-state index in [1.165, 1.54) is 0 Å². The lowest BCUT2D eigenvalue weighted by atomic mass is 10.2. The van der Waals surface area contributed by atoms with Crippen LogP contribution in [-0.2, 0) is 23.1 Å².